The molecule has 8 nitrogen and oxygen atoms in total. The smallest absolute Gasteiger partial charge is 0.294 e. The highest BCUT2D eigenvalue weighted by Gasteiger charge is 2.17. The first-order chi connectivity index (χ1) is 12.8. The lowest BCUT2D eigenvalue weighted by molar-refractivity contribution is 0.0948. The molecule has 0 saturated heterocycles. The summed E-state index contributed by atoms with van der Waals surface area (Å²) in [5.41, 5.74) is 1.73. The Balaban J connectivity index is 1.91. The molecule has 1 N–H and O–H groups in total. The molecule has 3 aromatic rings. The third kappa shape index (κ3) is 3.80. The molecule has 1 amide bonds. The quantitative estimate of drug-likeness (QED) is 0.665. The van der Waals surface area contributed by atoms with E-state index < -0.39 is 0 Å². The van der Waals surface area contributed by atoms with Crippen LogP contribution < -0.4 is 10.9 Å². The summed E-state index contributed by atoms with van der Waals surface area (Å²) in [7, 11) is 5.66. The summed E-state index contributed by atoms with van der Waals surface area (Å²) < 4.78 is 8.71. The maximum atomic E-state index is 12.7. The van der Waals surface area contributed by atoms with Crippen LogP contribution in [0.5, 0.6) is 0 Å². The van der Waals surface area contributed by atoms with Gasteiger partial charge >= 0.3 is 0 Å². The predicted molar refractivity (Wildman–Crippen MR) is 103 cm³/mol. The van der Waals surface area contributed by atoms with Crippen molar-refractivity contribution < 1.29 is 9.21 Å². The molecule has 0 aliphatic rings. The van der Waals surface area contributed by atoms with E-state index in [1.165, 1.54) is 4.57 Å². The Morgan fingerprint density at radius 2 is 2.04 bits per heavy atom. The zero-order valence-electron chi connectivity index (χ0n) is 16.4. The second kappa shape index (κ2) is 7.40. The van der Waals surface area contributed by atoms with Gasteiger partial charge in [0.25, 0.3) is 11.5 Å². The third-order valence-electron chi connectivity index (χ3n) is 4.47. The van der Waals surface area contributed by atoms with Gasteiger partial charge in [-0.2, -0.15) is 0 Å². The van der Waals surface area contributed by atoms with E-state index in [1.54, 1.807) is 23.8 Å². The van der Waals surface area contributed by atoms with Crippen LogP contribution in [-0.4, -0.2) is 51.9 Å². The van der Waals surface area contributed by atoms with Crippen molar-refractivity contribution in [3.63, 3.8) is 0 Å². The Hall–Kier alpha value is -2.87. The minimum atomic E-state index is -0.281. The first-order valence-corrected chi connectivity index (χ1v) is 8.87. The summed E-state index contributed by atoms with van der Waals surface area (Å²) in [4.78, 5) is 31.4. The van der Waals surface area contributed by atoms with E-state index in [4.69, 9.17) is 4.42 Å². The number of aromatic nitrogens is 3. The molecule has 0 aliphatic heterocycles. The molecule has 3 aromatic heterocycles. The normalized spacial score (nSPS) is 11.5. The number of hydrogen-bond donors (Lipinski definition) is 1. The summed E-state index contributed by atoms with van der Waals surface area (Å²) in [6.45, 7) is 5.17. The van der Waals surface area contributed by atoms with Gasteiger partial charge < -0.3 is 19.2 Å². The van der Waals surface area contributed by atoms with Crippen molar-refractivity contribution in [2.75, 3.05) is 27.2 Å². The highest BCUT2D eigenvalue weighted by Crippen LogP contribution is 2.25. The maximum absolute atomic E-state index is 12.7. The van der Waals surface area contributed by atoms with Gasteiger partial charge in [-0.05, 0) is 47.0 Å². The maximum Gasteiger partial charge on any atom is 0.294 e. The lowest BCUT2D eigenvalue weighted by atomic mass is 10.2. The van der Waals surface area contributed by atoms with Crippen LogP contribution >= 0.6 is 0 Å². The van der Waals surface area contributed by atoms with Gasteiger partial charge in [0, 0.05) is 31.5 Å². The Kier molecular flexibility index (Phi) is 5.18. The Morgan fingerprint density at radius 1 is 1.30 bits per heavy atom. The number of nitrogens with zero attached hydrogens (tertiary/aromatic N) is 4. The molecule has 0 atom stereocenters. The fraction of sp³-hybridized carbons (Fsp3) is 0.421. The largest absolute Gasteiger partial charge is 0.466 e. The van der Waals surface area contributed by atoms with Crippen molar-refractivity contribution in [1.29, 1.82) is 0 Å². The second-order valence-corrected chi connectivity index (χ2v) is 6.98. The molecule has 0 bridgehead atoms. The van der Waals surface area contributed by atoms with E-state index >= 15 is 0 Å². The average molecular weight is 371 g/mol. The summed E-state index contributed by atoms with van der Waals surface area (Å²) >= 11 is 0. The SMILES string of the molecule is Cc1cc(-c2cn3cc(C(=O)NCCCN(C)C)nc3c(=O)n2C)c(C)o1. The third-order valence-corrected chi connectivity index (χ3v) is 4.47. The Bertz CT molecular complexity index is 1040. The van der Waals surface area contributed by atoms with Crippen LogP contribution in [0.2, 0.25) is 0 Å². The lowest BCUT2D eigenvalue weighted by Crippen LogP contribution is -2.27. The van der Waals surface area contributed by atoms with Crippen molar-refractivity contribution in [1.82, 2.24) is 24.2 Å². The predicted octanol–water partition coefficient (Wildman–Crippen LogP) is 1.59. The van der Waals surface area contributed by atoms with Gasteiger partial charge in [0.2, 0.25) is 5.65 Å². The zero-order valence-corrected chi connectivity index (χ0v) is 16.4. The van der Waals surface area contributed by atoms with E-state index in [9.17, 15) is 9.59 Å². The number of carbonyl (C=O) groups is 1. The van der Waals surface area contributed by atoms with Crippen LogP contribution in [0, 0.1) is 13.8 Å². The van der Waals surface area contributed by atoms with Gasteiger partial charge in [-0.15, -0.1) is 0 Å². The number of amides is 1. The van der Waals surface area contributed by atoms with Gasteiger partial charge in [-0.1, -0.05) is 0 Å². The van der Waals surface area contributed by atoms with Gasteiger partial charge in [0.1, 0.15) is 17.2 Å². The summed E-state index contributed by atoms with van der Waals surface area (Å²) in [6.07, 6.45) is 4.23. The minimum Gasteiger partial charge on any atom is -0.466 e. The number of rotatable bonds is 6. The highest BCUT2D eigenvalue weighted by atomic mass is 16.3. The summed E-state index contributed by atoms with van der Waals surface area (Å²) in [5.74, 6) is 1.23. The van der Waals surface area contributed by atoms with Crippen molar-refractivity contribution in [2.45, 2.75) is 20.3 Å². The fourth-order valence-electron chi connectivity index (χ4n) is 3.06. The first-order valence-electron chi connectivity index (χ1n) is 8.87. The van der Waals surface area contributed by atoms with Crippen LogP contribution in [0.1, 0.15) is 28.4 Å². The van der Waals surface area contributed by atoms with Gasteiger partial charge in [0.05, 0.1) is 5.69 Å². The van der Waals surface area contributed by atoms with Gasteiger partial charge in [-0.25, -0.2) is 4.98 Å². The molecule has 0 radical (unpaired) electrons. The summed E-state index contributed by atoms with van der Waals surface area (Å²) in [5, 5.41) is 2.84. The molecule has 0 unspecified atom stereocenters. The zero-order chi connectivity index (χ0) is 19.7. The number of carbonyl (C=O) groups excluding carboxylic acids is 1. The van der Waals surface area contributed by atoms with Crippen molar-refractivity contribution in [3.05, 3.63) is 46.0 Å². The topological polar surface area (TPSA) is 84.8 Å². The number of furan rings is 1. The minimum absolute atomic E-state index is 0.220. The molecule has 144 valence electrons. The van der Waals surface area contributed by atoms with Crippen LogP contribution in [-0.2, 0) is 7.05 Å². The Labute approximate surface area is 157 Å². The number of imidazole rings is 1. The van der Waals surface area contributed by atoms with Crippen molar-refractivity contribution >= 4 is 11.6 Å². The van der Waals surface area contributed by atoms with E-state index in [0.717, 1.165) is 30.0 Å². The van der Waals surface area contributed by atoms with Crippen LogP contribution in [0.3, 0.4) is 0 Å². The Morgan fingerprint density at radius 3 is 2.67 bits per heavy atom. The van der Waals surface area contributed by atoms with E-state index in [0.29, 0.717) is 12.2 Å². The van der Waals surface area contributed by atoms with Crippen molar-refractivity contribution in [2.24, 2.45) is 7.05 Å². The molecule has 0 saturated carbocycles. The molecule has 0 spiro atoms. The number of aryl methyl sites for hydroxylation is 2. The lowest BCUT2D eigenvalue weighted by Gasteiger charge is -2.08. The van der Waals surface area contributed by atoms with Crippen LogP contribution in [0.25, 0.3) is 16.9 Å². The van der Waals surface area contributed by atoms with Crippen LogP contribution in [0.4, 0.5) is 0 Å². The first kappa shape index (κ1) is 18.9. The molecule has 27 heavy (non-hydrogen) atoms. The molecular formula is C19H25N5O3. The fourth-order valence-corrected chi connectivity index (χ4v) is 3.06. The van der Waals surface area contributed by atoms with E-state index in [2.05, 4.69) is 15.2 Å². The standard InChI is InChI=1S/C19H25N5O3/c1-12-9-14(13(2)27-12)16-11-24-10-15(21-17(24)19(26)23(16)5)18(25)20-7-6-8-22(3)4/h9-11H,6-8H2,1-5H3,(H,20,25). The van der Waals surface area contributed by atoms with Gasteiger partial charge in [0.15, 0.2) is 0 Å². The molecule has 3 heterocycles. The van der Waals surface area contributed by atoms with Crippen LogP contribution in [0.15, 0.2) is 27.7 Å². The molecular weight excluding hydrogens is 346 g/mol. The number of nitrogens with one attached hydrogen (secondary N) is 1. The summed E-state index contributed by atoms with van der Waals surface area (Å²) in [6, 6.07) is 1.89. The number of hydrogen-bond acceptors (Lipinski definition) is 5. The highest BCUT2D eigenvalue weighted by molar-refractivity contribution is 5.92. The second-order valence-electron chi connectivity index (χ2n) is 6.98. The number of fused-ring (bicyclic) bond motifs is 1. The molecule has 0 fully saturated rings. The molecule has 0 aromatic carbocycles. The molecule has 8 heteroatoms. The average Bonchev–Trinajstić information content (AvgIpc) is 3.17. The molecule has 3 rings (SSSR count). The van der Waals surface area contributed by atoms with Gasteiger partial charge in [-0.3, -0.25) is 14.0 Å². The van der Waals surface area contributed by atoms with Crippen molar-refractivity contribution in [3.8, 4) is 11.3 Å². The van der Waals surface area contributed by atoms with E-state index in [-0.39, 0.29) is 22.8 Å². The monoisotopic (exact) mass is 371 g/mol. The van der Waals surface area contributed by atoms with E-state index in [1.807, 2.05) is 34.0 Å². The molecule has 0 aliphatic carbocycles.